The minimum Gasteiger partial charge on any atom is -0.360 e. The molecule has 0 radical (unpaired) electrons. The number of anilines is 1. The molecule has 4 rings (SSSR count). The highest BCUT2D eigenvalue weighted by Gasteiger charge is 2.15. The van der Waals surface area contributed by atoms with Crippen LogP contribution in [-0.4, -0.2) is 10.8 Å². The maximum Gasteiger partial charge on any atom is 0.195 e. The van der Waals surface area contributed by atoms with Crippen molar-refractivity contribution in [2.24, 2.45) is 0 Å². The van der Waals surface area contributed by atoms with Gasteiger partial charge in [0.15, 0.2) is 5.78 Å². The highest BCUT2D eigenvalue weighted by molar-refractivity contribution is 7.11. The number of nitrogens with one attached hydrogen (secondary N) is 1. The van der Waals surface area contributed by atoms with E-state index in [9.17, 15) is 10.1 Å². The zero-order valence-corrected chi connectivity index (χ0v) is 19.5. The summed E-state index contributed by atoms with van der Waals surface area (Å²) in [6.07, 6.45) is 2.56. The van der Waals surface area contributed by atoms with Gasteiger partial charge in [0.1, 0.15) is 16.6 Å². The van der Waals surface area contributed by atoms with Crippen molar-refractivity contribution >= 4 is 40.0 Å². The van der Waals surface area contributed by atoms with Gasteiger partial charge < -0.3 is 5.32 Å². The van der Waals surface area contributed by atoms with E-state index < -0.39 is 0 Å². The van der Waals surface area contributed by atoms with Crippen LogP contribution in [0.3, 0.4) is 0 Å². The molecule has 0 saturated heterocycles. The number of aryl methyl sites for hydroxylation is 1. The molecule has 33 heavy (non-hydrogen) atoms. The summed E-state index contributed by atoms with van der Waals surface area (Å²) in [7, 11) is 0. The van der Waals surface area contributed by atoms with Crippen LogP contribution in [0.4, 0.5) is 5.69 Å². The highest BCUT2D eigenvalue weighted by Crippen LogP contribution is 2.28. The number of hydrogen-bond donors (Lipinski definition) is 1. The van der Waals surface area contributed by atoms with E-state index in [1.54, 1.807) is 36.5 Å². The summed E-state index contributed by atoms with van der Waals surface area (Å²) in [5.74, 6) is -0.153. The van der Waals surface area contributed by atoms with Crippen molar-refractivity contribution in [2.45, 2.75) is 13.3 Å². The van der Waals surface area contributed by atoms with Crippen molar-refractivity contribution in [1.29, 1.82) is 5.26 Å². The van der Waals surface area contributed by atoms with Gasteiger partial charge in [0.2, 0.25) is 0 Å². The van der Waals surface area contributed by atoms with Crippen molar-refractivity contribution in [3.05, 3.63) is 111 Å². The van der Waals surface area contributed by atoms with Gasteiger partial charge in [-0.3, -0.25) is 4.79 Å². The van der Waals surface area contributed by atoms with Crippen molar-refractivity contribution < 1.29 is 4.79 Å². The van der Waals surface area contributed by atoms with Crippen LogP contribution in [-0.2, 0) is 6.42 Å². The number of halogens is 1. The molecular weight excluding hydrogens is 450 g/mol. The van der Waals surface area contributed by atoms with Crippen LogP contribution in [0.15, 0.2) is 84.4 Å². The number of ketones is 1. The zero-order valence-electron chi connectivity index (χ0n) is 17.9. The lowest BCUT2D eigenvalue weighted by Crippen LogP contribution is -2.05. The molecule has 0 aliphatic rings. The minimum absolute atomic E-state index is 0.153. The van der Waals surface area contributed by atoms with Crippen LogP contribution in [0.1, 0.15) is 33.4 Å². The topological polar surface area (TPSA) is 65.8 Å². The number of allylic oxidation sites excluding steroid dienone is 1. The van der Waals surface area contributed by atoms with E-state index in [4.69, 9.17) is 11.6 Å². The van der Waals surface area contributed by atoms with Gasteiger partial charge in [-0.2, -0.15) is 5.26 Å². The Balaban J connectivity index is 1.60. The Morgan fingerprint density at radius 3 is 2.58 bits per heavy atom. The second-order valence-electron chi connectivity index (χ2n) is 7.29. The van der Waals surface area contributed by atoms with Crippen LogP contribution in [0, 0.1) is 11.3 Å². The molecule has 0 atom stereocenters. The van der Waals surface area contributed by atoms with E-state index in [0.717, 1.165) is 17.7 Å². The van der Waals surface area contributed by atoms with E-state index in [0.29, 0.717) is 32.4 Å². The molecule has 4 aromatic rings. The summed E-state index contributed by atoms with van der Waals surface area (Å²) in [5.41, 5.74) is 5.03. The molecule has 0 aliphatic heterocycles. The molecule has 0 amide bonds. The second-order valence-corrected chi connectivity index (χ2v) is 8.58. The monoisotopic (exact) mass is 469 g/mol. The molecule has 6 heteroatoms. The highest BCUT2D eigenvalue weighted by atomic mass is 35.5. The van der Waals surface area contributed by atoms with Crippen molar-refractivity contribution in [2.75, 3.05) is 5.32 Å². The number of rotatable bonds is 7. The van der Waals surface area contributed by atoms with Gasteiger partial charge in [-0.25, -0.2) is 4.98 Å². The van der Waals surface area contributed by atoms with E-state index in [1.807, 2.05) is 35.7 Å². The van der Waals surface area contributed by atoms with Crippen LogP contribution in [0.2, 0.25) is 5.02 Å². The van der Waals surface area contributed by atoms with Crippen molar-refractivity contribution in [1.82, 2.24) is 4.98 Å². The zero-order chi connectivity index (χ0) is 23.2. The Morgan fingerprint density at radius 1 is 1.12 bits per heavy atom. The molecule has 1 aromatic heterocycles. The summed E-state index contributed by atoms with van der Waals surface area (Å²) >= 11 is 7.56. The summed E-state index contributed by atoms with van der Waals surface area (Å²) in [6, 6.07) is 24.5. The Hall–Kier alpha value is -3.72. The van der Waals surface area contributed by atoms with Crippen molar-refractivity contribution in [3.63, 3.8) is 0 Å². The number of carbonyl (C=O) groups excluding carboxylic acids is 1. The summed E-state index contributed by atoms with van der Waals surface area (Å²) in [5, 5.41) is 15.8. The Morgan fingerprint density at radius 2 is 1.88 bits per heavy atom. The lowest BCUT2D eigenvalue weighted by atomic mass is 10.0. The molecule has 0 saturated carbocycles. The van der Waals surface area contributed by atoms with E-state index >= 15 is 0 Å². The number of benzene rings is 3. The number of aromatic nitrogens is 1. The SMILES string of the molecule is CCc1ccc(-c2csc(/C(C#N)=C/Nc3ccc(Cl)cc3C(=O)c3ccccc3)n2)cc1. The molecule has 3 aromatic carbocycles. The molecular formula is C27H20ClN3OS. The molecule has 0 unspecified atom stereocenters. The predicted molar refractivity (Wildman–Crippen MR) is 135 cm³/mol. The molecule has 0 aliphatic carbocycles. The van der Waals surface area contributed by atoms with Gasteiger partial charge in [-0.15, -0.1) is 11.3 Å². The van der Waals surface area contributed by atoms with Gasteiger partial charge in [0, 0.05) is 39.0 Å². The smallest absolute Gasteiger partial charge is 0.195 e. The minimum atomic E-state index is -0.153. The number of nitriles is 1. The van der Waals surface area contributed by atoms with Crippen LogP contribution in [0.5, 0.6) is 0 Å². The predicted octanol–water partition coefficient (Wildman–Crippen LogP) is 7.23. The first-order valence-corrected chi connectivity index (χ1v) is 11.7. The van der Waals surface area contributed by atoms with Gasteiger partial charge in [0.25, 0.3) is 0 Å². The normalized spacial score (nSPS) is 11.1. The Bertz CT molecular complexity index is 1350. The second kappa shape index (κ2) is 10.3. The Kier molecular flexibility index (Phi) is 6.99. The van der Waals surface area contributed by atoms with Gasteiger partial charge >= 0.3 is 0 Å². The van der Waals surface area contributed by atoms with Crippen LogP contribution in [0.25, 0.3) is 16.8 Å². The third-order valence-corrected chi connectivity index (χ3v) is 6.26. The standard InChI is InChI=1S/C27H20ClN3OS/c1-2-18-8-10-19(11-9-18)25-17-33-27(31-25)21(15-29)16-30-24-13-12-22(28)14-23(24)26(32)20-6-4-3-5-7-20/h3-14,16-17,30H,2H2,1H3/b21-16+. The molecule has 0 bridgehead atoms. The quantitative estimate of drug-likeness (QED) is 0.229. The average Bonchev–Trinajstić information content (AvgIpc) is 3.35. The number of thiazole rings is 1. The fourth-order valence-corrected chi connectivity index (χ4v) is 4.27. The number of carbonyl (C=O) groups is 1. The fraction of sp³-hybridized carbons (Fsp3) is 0.0741. The first-order valence-electron chi connectivity index (χ1n) is 10.4. The largest absolute Gasteiger partial charge is 0.360 e. The maximum atomic E-state index is 13.0. The lowest BCUT2D eigenvalue weighted by Gasteiger charge is -2.10. The first-order chi connectivity index (χ1) is 16.1. The van der Waals surface area contributed by atoms with E-state index in [1.165, 1.54) is 16.9 Å². The number of nitrogens with zero attached hydrogens (tertiary/aromatic N) is 2. The average molecular weight is 470 g/mol. The van der Waals surface area contributed by atoms with Crippen LogP contribution < -0.4 is 5.32 Å². The molecule has 1 heterocycles. The molecule has 4 nitrogen and oxygen atoms in total. The third kappa shape index (κ3) is 5.20. The fourth-order valence-electron chi connectivity index (χ4n) is 3.31. The molecule has 0 fully saturated rings. The van der Waals surface area contributed by atoms with Crippen LogP contribution >= 0.6 is 22.9 Å². The van der Waals surface area contributed by atoms with Gasteiger partial charge in [-0.05, 0) is 30.2 Å². The lowest BCUT2D eigenvalue weighted by molar-refractivity contribution is 0.103. The van der Waals surface area contributed by atoms with Gasteiger partial charge in [-0.1, -0.05) is 73.1 Å². The first kappa shape index (κ1) is 22.5. The molecule has 162 valence electrons. The third-order valence-electron chi connectivity index (χ3n) is 5.15. The van der Waals surface area contributed by atoms with E-state index in [2.05, 4.69) is 35.4 Å². The number of hydrogen-bond acceptors (Lipinski definition) is 5. The van der Waals surface area contributed by atoms with E-state index in [-0.39, 0.29) is 5.78 Å². The van der Waals surface area contributed by atoms with Gasteiger partial charge in [0.05, 0.1) is 5.69 Å². The summed E-state index contributed by atoms with van der Waals surface area (Å²) in [4.78, 5) is 17.7. The van der Waals surface area contributed by atoms with Crippen molar-refractivity contribution in [3.8, 4) is 17.3 Å². The molecule has 0 spiro atoms. The summed E-state index contributed by atoms with van der Waals surface area (Å²) < 4.78 is 0. The molecule has 1 N–H and O–H groups in total. The summed E-state index contributed by atoms with van der Waals surface area (Å²) in [6.45, 7) is 2.12. The maximum absolute atomic E-state index is 13.0. The Labute approximate surface area is 201 Å².